The van der Waals surface area contributed by atoms with Crippen molar-refractivity contribution in [2.75, 3.05) is 26.2 Å². The number of hydrogen-bond acceptors (Lipinski definition) is 2. The van der Waals surface area contributed by atoms with Gasteiger partial charge in [0.1, 0.15) is 11.6 Å². The first-order valence-electron chi connectivity index (χ1n) is 9.04. The zero-order chi connectivity index (χ0) is 17.5. The van der Waals surface area contributed by atoms with Gasteiger partial charge in [-0.05, 0) is 74.5 Å². The molecule has 0 unspecified atom stereocenters. The smallest absolute Gasteiger partial charge is 0.126 e. The fraction of sp³-hybridized carbons (Fsp3) is 0.429. The van der Waals surface area contributed by atoms with Crippen molar-refractivity contribution in [3.63, 3.8) is 0 Å². The van der Waals surface area contributed by atoms with E-state index in [9.17, 15) is 4.39 Å². The van der Waals surface area contributed by atoms with E-state index in [4.69, 9.17) is 16.3 Å². The van der Waals surface area contributed by atoms with Crippen LogP contribution < -0.4 is 4.74 Å². The molecule has 25 heavy (non-hydrogen) atoms. The summed E-state index contributed by atoms with van der Waals surface area (Å²) in [5.74, 6) is 1.13. The molecule has 0 bridgehead atoms. The van der Waals surface area contributed by atoms with Gasteiger partial charge in [0.15, 0.2) is 0 Å². The summed E-state index contributed by atoms with van der Waals surface area (Å²) >= 11 is 5.95. The van der Waals surface area contributed by atoms with Gasteiger partial charge in [0, 0.05) is 17.6 Å². The average Bonchev–Trinajstić information content (AvgIpc) is 2.62. The molecule has 1 fully saturated rings. The minimum atomic E-state index is -0.250. The molecule has 0 radical (unpaired) electrons. The molecule has 134 valence electrons. The Morgan fingerprint density at radius 2 is 1.84 bits per heavy atom. The predicted molar refractivity (Wildman–Crippen MR) is 101 cm³/mol. The summed E-state index contributed by atoms with van der Waals surface area (Å²) in [6, 6.07) is 14.6. The fourth-order valence-corrected chi connectivity index (χ4v) is 3.53. The Labute approximate surface area is 154 Å². The van der Waals surface area contributed by atoms with Crippen LogP contribution in [0.4, 0.5) is 4.39 Å². The summed E-state index contributed by atoms with van der Waals surface area (Å²) in [7, 11) is 0. The van der Waals surface area contributed by atoms with Crippen molar-refractivity contribution in [3.8, 4) is 5.75 Å². The monoisotopic (exact) mass is 361 g/mol. The van der Waals surface area contributed by atoms with Gasteiger partial charge in [-0.15, -0.1) is 0 Å². The van der Waals surface area contributed by atoms with Crippen LogP contribution in [0.5, 0.6) is 5.75 Å². The number of likely N-dealkylation sites (tertiary alicyclic amines) is 1. The largest absolute Gasteiger partial charge is 0.493 e. The molecule has 1 saturated heterocycles. The summed E-state index contributed by atoms with van der Waals surface area (Å²) in [6.45, 7) is 3.98. The van der Waals surface area contributed by atoms with Gasteiger partial charge < -0.3 is 9.64 Å². The van der Waals surface area contributed by atoms with E-state index in [0.29, 0.717) is 12.4 Å². The van der Waals surface area contributed by atoms with Crippen LogP contribution in [0, 0.1) is 11.7 Å². The van der Waals surface area contributed by atoms with Gasteiger partial charge in [0.2, 0.25) is 0 Å². The highest BCUT2D eigenvalue weighted by Gasteiger charge is 2.19. The molecule has 2 aromatic rings. The second-order valence-electron chi connectivity index (χ2n) is 6.77. The summed E-state index contributed by atoms with van der Waals surface area (Å²) in [4.78, 5) is 2.51. The molecule has 2 nitrogen and oxygen atoms in total. The van der Waals surface area contributed by atoms with Gasteiger partial charge in [-0.1, -0.05) is 29.8 Å². The number of ether oxygens (including phenoxy) is 1. The van der Waals surface area contributed by atoms with Crippen LogP contribution in [0.3, 0.4) is 0 Å². The molecule has 0 spiro atoms. The highest BCUT2D eigenvalue weighted by atomic mass is 35.5. The molecule has 3 rings (SSSR count). The Kier molecular flexibility index (Phi) is 6.71. The number of piperidine rings is 1. The Morgan fingerprint density at radius 1 is 1.08 bits per heavy atom. The number of halogens is 2. The maximum atomic E-state index is 13.1. The number of hydrogen-bond donors (Lipinski definition) is 0. The zero-order valence-electron chi connectivity index (χ0n) is 14.5. The van der Waals surface area contributed by atoms with Crippen molar-refractivity contribution in [3.05, 3.63) is 64.9 Å². The van der Waals surface area contributed by atoms with Crippen molar-refractivity contribution < 1.29 is 9.13 Å². The SMILES string of the molecule is Fc1cccc(OCCCN2CCC(Cc3ccc(Cl)cc3)CC2)c1. The fourth-order valence-electron chi connectivity index (χ4n) is 3.40. The molecule has 4 heteroatoms. The van der Waals surface area contributed by atoms with Gasteiger partial charge in [0.05, 0.1) is 6.61 Å². The number of nitrogens with zero attached hydrogens (tertiary/aromatic N) is 1. The molecule has 2 aromatic carbocycles. The summed E-state index contributed by atoms with van der Waals surface area (Å²) in [5, 5.41) is 0.805. The number of rotatable bonds is 7. The van der Waals surface area contributed by atoms with E-state index >= 15 is 0 Å². The third-order valence-corrected chi connectivity index (χ3v) is 5.08. The van der Waals surface area contributed by atoms with Gasteiger partial charge in [-0.25, -0.2) is 4.39 Å². The van der Waals surface area contributed by atoms with Crippen molar-refractivity contribution in [1.82, 2.24) is 4.90 Å². The molecule has 1 heterocycles. The van der Waals surface area contributed by atoms with Crippen molar-refractivity contribution in [1.29, 1.82) is 0 Å². The van der Waals surface area contributed by atoms with Crippen LogP contribution in [-0.4, -0.2) is 31.1 Å². The van der Waals surface area contributed by atoms with Gasteiger partial charge >= 0.3 is 0 Å². The predicted octanol–water partition coefficient (Wildman–Crippen LogP) is 5.20. The lowest BCUT2D eigenvalue weighted by atomic mass is 9.90. The molecule has 0 N–H and O–H groups in total. The lowest BCUT2D eigenvalue weighted by molar-refractivity contribution is 0.170. The molecule has 1 aliphatic heterocycles. The Balaban J connectivity index is 1.32. The van der Waals surface area contributed by atoms with Crippen LogP contribution in [0.25, 0.3) is 0 Å². The molecule has 0 atom stereocenters. The Morgan fingerprint density at radius 3 is 2.56 bits per heavy atom. The molecule has 0 saturated carbocycles. The van der Waals surface area contributed by atoms with Gasteiger partial charge in [-0.3, -0.25) is 0 Å². The van der Waals surface area contributed by atoms with Crippen molar-refractivity contribution in [2.45, 2.75) is 25.7 Å². The average molecular weight is 362 g/mol. The van der Waals surface area contributed by atoms with E-state index in [1.165, 1.54) is 30.5 Å². The van der Waals surface area contributed by atoms with E-state index in [2.05, 4.69) is 17.0 Å². The first-order valence-corrected chi connectivity index (χ1v) is 9.42. The minimum Gasteiger partial charge on any atom is -0.493 e. The summed E-state index contributed by atoms with van der Waals surface area (Å²) in [5.41, 5.74) is 1.38. The lowest BCUT2D eigenvalue weighted by Gasteiger charge is -2.32. The third-order valence-electron chi connectivity index (χ3n) is 4.83. The first kappa shape index (κ1) is 18.2. The lowest BCUT2D eigenvalue weighted by Crippen LogP contribution is -2.35. The molecule has 0 aliphatic carbocycles. The summed E-state index contributed by atoms with van der Waals surface area (Å²) in [6.07, 6.45) is 4.60. The first-order chi connectivity index (χ1) is 12.2. The van der Waals surface area contributed by atoms with Crippen LogP contribution in [0.15, 0.2) is 48.5 Å². The topological polar surface area (TPSA) is 12.5 Å². The van der Waals surface area contributed by atoms with Crippen LogP contribution in [0.1, 0.15) is 24.8 Å². The third kappa shape index (κ3) is 6.02. The van der Waals surface area contributed by atoms with E-state index in [1.807, 2.05) is 12.1 Å². The normalized spacial score (nSPS) is 16.1. The zero-order valence-corrected chi connectivity index (χ0v) is 15.2. The maximum absolute atomic E-state index is 13.1. The van der Waals surface area contributed by atoms with Crippen molar-refractivity contribution >= 4 is 11.6 Å². The minimum absolute atomic E-state index is 0.250. The second kappa shape index (κ2) is 9.21. The van der Waals surface area contributed by atoms with Crippen LogP contribution in [0.2, 0.25) is 5.02 Å². The molecule has 0 amide bonds. The van der Waals surface area contributed by atoms with Gasteiger partial charge in [-0.2, -0.15) is 0 Å². The quantitative estimate of drug-likeness (QED) is 0.628. The van der Waals surface area contributed by atoms with Crippen molar-refractivity contribution in [2.24, 2.45) is 5.92 Å². The van der Waals surface area contributed by atoms with Crippen LogP contribution >= 0.6 is 11.6 Å². The van der Waals surface area contributed by atoms with E-state index in [-0.39, 0.29) is 5.82 Å². The second-order valence-corrected chi connectivity index (χ2v) is 7.21. The molecular formula is C21H25ClFNO. The standard InChI is InChI=1S/C21H25ClFNO/c22-19-7-5-17(6-8-19)15-18-9-12-24(13-10-18)11-2-14-25-21-4-1-3-20(23)16-21/h1,3-8,16,18H,2,9-15H2. The highest BCUT2D eigenvalue weighted by molar-refractivity contribution is 6.30. The van der Waals surface area contributed by atoms with E-state index < -0.39 is 0 Å². The van der Waals surface area contributed by atoms with E-state index in [0.717, 1.165) is 43.4 Å². The van der Waals surface area contributed by atoms with Crippen LogP contribution in [-0.2, 0) is 6.42 Å². The Hall–Kier alpha value is -1.58. The Bertz CT molecular complexity index is 653. The van der Waals surface area contributed by atoms with E-state index in [1.54, 1.807) is 12.1 Å². The maximum Gasteiger partial charge on any atom is 0.126 e. The molecule has 1 aliphatic rings. The summed E-state index contributed by atoms with van der Waals surface area (Å²) < 4.78 is 18.7. The molecular weight excluding hydrogens is 337 g/mol. The highest BCUT2D eigenvalue weighted by Crippen LogP contribution is 2.22. The van der Waals surface area contributed by atoms with Gasteiger partial charge in [0.25, 0.3) is 0 Å². The number of benzene rings is 2. The molecule has 0 aromatic heterocycles.